The number of anilines is 1. The maximum absolute atomic E-state index is 5.74. The van der Waals surface area contributed by atoms with Crippen LogP contribution in [0.1, 0.15) is 0 Å². The minimum atomic E-state index is -0.392. The lowest BCUT2D eigenvalue weighted by Crippen LogP contribution is -2.21. The van der Waals surface area contributed by atoms with E-state index in [4.69, 9.17) is 19.9 Å². The molecule has 2 aromatic rings. The van der Waals surface area contributed by atoms with Gasteiger partial charge in [-0.1, -0.05) is 0 Å². The topological polar surface area (TPSA) is 79.5 Å². The molecule has 0 fully saturated rings. The summed E-state index contributed by atoms with van der Waals surface area (Å²) in [6.07, 6.45) is 1.03. The molecule has 2 N–H and O–H groups in total. The van der Waals surface area contributed by atoms with Gasteiger partial charge in [-0.2, -0.15) is 0 Å². The number of benzene rings is 1. The minimum absolute atomic E-state index is 0.305. The molecule has 0 bridgehead atoms. The Morgan fingerprint density at radius 3 is 2.72 bits per heavy atom. The van der Waals surface area contributed by atoms with Crippen LogP contribution >= 0.6 is 0 Å². The Bertz CT molecular complexity index is 529. The summed E-state index contributed by atoms with van der Waals surface area (Å²) in [6, 6.07) is 5.44. The fourth-order valence-electron chi connectivity index (χ4n) is 1.54. The van der Waals surface area contributed by atoms with E-state index in [1.165, 1.54) is 6.33 Å². The summed E-state index contributed by atoms with van der Waals surface area (Å²) in [7, 11) is 3.12. The van der Waals surface area contributed by atoms with Crippen LogP contribution in [0.2, 0.25) is 0 Å². The number of fused-ring (bicyclic) bond motifs is 1. The van der Waals surface area contributed by atoms with Crippen molar-refractivity contribution in [2.24, 2.45) is 0 Å². The molecule has 6 heteroatoms. The first-order valence-corrected chi connectivity index (χ1v) is 5.43. The Labute approximate surface area is 105 Å². The SMILES string of the molecule is COC(COc1ccc2c(N)ncnc2c1)OC. The largest absolute Gasteiger partial charge is 0.488 e. The fraction of sp³-hybridized carbons (Fsp3) is 0.333. The van der Waals surface area contributed by atoms with Crippen molar-refractivity contribution in [1.82, 2.24) is 9.97 Å². The third kappa shape index (κ3) is 2.66. The summed E-state index contributed by atoms with van der Waals surface area (Å²) < 4.78 is 15.6. The van der Waals surface area contributed by atoms with Crippen LogP contribution in [0.3, 0.4) is 0 Å². The molecule has 0 unspecified atom stereocenters. The number of ether oxygens (including phenoxy) is 3. The molecule has 0 amide bonds. The van der Waals surface area contributed by atoms with E-state index in [-0.39, 0.29) is 0 Å². The highest BCUT2D eigenvalue weighted by Gasteiger charge is 2.07. The molecule has 6 nitrogen and oxygen atoms in total. The van der Waals surface area contributed by atoms with Gasteiger partial charge in [0.05, 0.1) is 5.52 Å². The van der Waals surface area contributed by atoms with Gasteiger partial charge in [0.15, 0.2) is 6.29 Å². The number of nitrogens with two attached hydrogens (primary N) is 1. The Kier molecular flexibility index (Phi) is 3.91. The van der Waals surface area contributed by atoms with Crippen molar-refractivity contribution in [1.29, 1.82) is 0 Å². The van der Waals surface area contributed by atoms with E-state index >= 15 is 0 Å². The monoisotopic (exact) mass is 249 g/mol. The quantitative estimate of drug-likeness (QED) is 0.802. The predicted octanol–water partition coefficient (Wildman–Crippen LogP) is 1.21. The maximum Gasteiger partial charge on any atom is 0.191 e. The van der Waals surface area contributed by atoms with E-state index in [0.717, 1.165) is 10.9 Å². The highest BCUT2D eigenvalue weighted by Crippen LogP contribution is 2.22. The molecule has 0 atom stereocenters. The molecule has 0 spiro atoms. The number of rotatable bonds is 5. The summed E-state index contributed by atoms with van der Waals surface area (Å²) in [6.45, 7) is 0.305. The number of methoxy groups -OCH3 is 2. The van der Waals surface area contributed by atoms with Crippen LogP contribution < -0.4 is 10.5 Å². The summed E-state index contributed by atoms with van der Waals surface area (Å²) >= 11 is 0. The van der Waals surface area contributed by atoms with Gasteiger partial charge in [-0.05, 0) is 12.1 Å². The zero-order chi connectivity index (χ0) is 13.0. The average Bonchev–Trinajstić information content (AvgIpc) is 2.40. The highest BCUT2D eigenvalue weighted by atomic mass is 16.7. The fourth-order valence-corrected chi connectivity index (χ4v) is 1.54. The van der Waals surface area contributed by atoms with Crippen LogP contribution in [-0.4, -0.2) is 37.1 Å². The third-order valence-electron chi connectivity index (χ3n) is 2.55. The second-order valence-corrected chi connectivity index (χ2v) is 3.65. The van der Waals surface area contributed by atoms with E-state index in [9.17, 15) is 0 Å². The first kappa shape index (κ1) is 12.5. The molecule has 0 aliphatic heterocycles. The summed E-state index contributed by atoms with van der Waals surface area (Å²) in [4.78, 5) is 8.06. The van der Waals surface area contributed by atoms with Gasteiger partial charge in [0.25, 0.3) is 0 Å². The Balaban J connectivity index is 2.15. The molecule has 0 saturated heterocycles. The van der Waals surface area contributed by atoms with Crippen LogP contribution in [0.4, 0.5) is 5.82 Å². The van der Waals surface area contributed by atoms with E-state index in [0.29, 0.717) is 18.2 Å². The molecule has 2 rings (SSSR count). The molecule has 96 valence electrons. The van der Waals surface area contributed by atoms with Crippen LogP contribution in [0, 0.1) is 0 Å². The van der Waals surface area contributed by atoms with E-state index in [1.807, 2.05) is 12.1 Å². The summed E-state index contributed by atoms with van der Waals surface area (Å²) in [5.41, 5.74) is 6.48. The molecule has 0 saturated carbocycles. The van der Waals surface area contributed by atoms with Gasteiger partial charge in [0, 0.05) is 25.7 Å². The molecular weight excluding hydrogens is 234 g/mol. The third-order valence-corrected chi connectivity index (χ3v) is 2.55. The molecule has 1 heterocycles. The van der Waals surface area contributed by atoms with Gasteiger partial charge in [0.1, 0.15) is 24.5 Å². The summed E-state index contributed by atoms with van der Waals surface area (Å²) in [5, 5.41) is 0.805. The lowest BCUT2D eigenvalue weighted by molar-refractivity contribution is -0.121. The number of hydrogen-bond acceptors (Lipinski definition) is 6. The lowest BCUT2D eigenvalue weighted by atomic mass is 10.2. The normalized spacial score (nSPS) is 11.1. The van der Waals surface area contributed by atoms with Gasteiger partial charge >= 0.3 is 0 Å². The van der Waals surface area contributed by atoms with Gasteiger partial charge in [-0.25, -0.2) is 9.97 Å². The van der Waals surface area contributed by atoms with Gasteiger partial charge in [-0.3, -0.25) is 0 Å². The maximum atomic E-state index is 5.74. The molecule has 0 aliphatic carbocycles. The molecule has 18 heavy (non-hydrogen) atoms. The standard InChI is InChI=1S/C12H15N3O3/c1-16-11(17-2)6-18-8-3-4-9-10(5-8)14-7-15-12(9)13/h3-5,7,11H,6H2,1-2H3,(H2,13,14,15). The van der Waals surface area contributed by atoms with Gasteiger partial charge < -0.3 is 19.9 Å². The zero-order valence-electron chi connectivity index (χ0n) is 10.3. The molecule has 1 aromatic heterocycles. The van der Waals surface area contributed by atoms with Gasteiger partial charge in [-0.15, -0.1) is 0 Å². The number of hydrogen-bond donors (Lipinski definition) is 1. The first-order chi connectivity index (χ1) is 8.74. The Hall–Kier alpha value is -1.92. The molecule has 0 radical (unpaired) electrons. The van der Waals surface area contributed by atoms with Crippen molar-refractivity contribution in [2.45, 2.75) is 6.29 Å². The smallest absolute Gasteiger partial charge is 0.191 e. The van der Waals surface area contributed by atoms with Crippen LogP contribution in [0.5, 0.6) is 5.75 Å². The van der Waals surface area contributed by atoms with Crippen molar-refractivity contribution in [3.8, 4) is 5.75 Å². The number of nitrogens with zero attached hydrogens (tertiary/aromatic N) is 2. The molecular formula is C12H15N3O3. The Morgan fingerprint density at radius 1 is 1.22 bits per heavy atom. The molecule has 1 aromatic carbocycles. The van der Waals surface area contributed by atoms with Gasteiger partial charge in [0.2, 0.25) is 0 Å². The van der Waals surface area contributed by atoms with E-state index < -0.39 is 6.29 Å². The van der Waals surface area contributed by atoms with E-state index in [1.54, 1.807) is 20.3 Å². The second-order valence-electron chi connectivity index (χ2n) is 3.65. The van der Waals surface area contributed by atoms with Crippen LogP contribution in [0.15, 0.2) is 24.5 Å². The number of nitrogen functional groups attached to an aromatic ring is 1. The predicted molar refractivity (Wildman–Crippen MR) is 67.3 cm³/mol. The van der Waals surface area contributed by atoms with Crippen molar-refractivity contribution < 1.29 is 14.2 Å². The zero-order valence-corrected chi connectivity index (χ0v) is 10.3. The van der Waals surface area contributed by atoms with Crippen molar-refractivity contribution in [2.75, 3.05) is 26.6 Å². The van der Waals surface area contributed by atoms with Crippen LogP contribution in [0.25, 0.3) is 10.9 Å². The summed E-state index contributed by atoms with van der Waals surface area (Å²) in [5.74, 6) is 1.14. The number of aromatic nitrogens is 2. The second kappa shape index (κ2) is 5.61. The minimum Gasteiger partial charge on any atom is -0.488 e. The van der Waals surface area contributed by atoms with Crippen molar-refractivity contribution in [3.63, 3.8) is 0 Å². The lowest BCUT2D eigenvalue weighted by Gasteiger charge is -2.14. The average molecular weight is 249 g/mol. The van der Waals surface area contributed by atoms with Crippen molar-refractivity contribution >= 4 is 16.7 Å². The Morgan fingerprint density at radius 2 is 2.00 bits per heavy atom. The van der Waals surface area contributed by atoms with Crippen molar-refractivity contribution in [3.05, 3.63) is 24.5 Å². The molecule has 0 aliphatic rings. The first-order valence-electron chi connectivity index (χ1n) is 5.43. The highest BCUT2D eigenvalue weighted by molar-refractivity contribution is 5.88. The van der Waals surface area contributed by atoms with Crippen LogP contribution in [-0.2, 0) is 9.47 Å². The van der Waals surface area contributed by atoms with E-state index in [2.05, 4.69) is 9.97 Å².